The molecule has 5 aromatic rings. The number of aryl methyl sites for hydroxylation is 1. The summed E-state index contributed by atoms with van der Waals surface area (Å²) in [6.07, 6.45) is 9.50. The molecule has 126 heavy (non-hydrogen) atoms. The van der Waals surface area contributed by atoms with E-state index in [0.29, 0.717) is 62.8 Å². The van der Waals surface area contributed by atoms with E-state index >= 15 is 0 Å². The summed E-state index contributed by atoms with van der Waals surface area (Å²) in [6, 6.07) is 6.04. The van der Waals surface area contributed by atoms with Crippen molar-refractivity contribution in [2.45, 2.75) is 192 Å². The van der Waals surface area contributed by atoms with Crippen LogP contribution in [0.1, 0.15) is 157 Å². The lowest BCUT2D eigenvalue weighted by Crippen LogP contribution is -2.58. The fraction of sp³-hybridized carbons (Fsp3) is 0.481. The number of unbranched alkanes of at least 4 members (excludes halogenated alkanes) is 1. The van der Waals surface area contributed by atoms with Crippen LogP contribution < -0.4 is 43.0 Å². The van der Waals surface area contributed by atoms with Crippen LogP contribution in [0.25, 0.3) is 27.1 Å². The highest BCUT2D eigenvalue weighted by Gasteiger charge is 2.46. The number of nitrogens with zero attached hydrogens (tertiary/aromatic N) is 6. The molecule has 47 heteroatoms. The molecule has 4 aliphatic heterocycles. The number of pyridine rings is 1. The summed E-state index contributed by atoms with van der Waals surface area (Å²) in [7, 11) is -30.0. The van der Waals surface area contributed by atoms with Crippen molar-refractivity contribution in [1.29, 1.82) is 5.41 Å². The minimum atomic E-state index is -5.23. The van der Waals surface area contributed by atoms with Crippen LogP contribution >= 0.6 is 0 Å². The highest BCUT2D eigenvalue weighted by molar-refractivity contribution is 7.87. The minimum absolute atomic E-state index is 0.0353. The van der Waals surface area contributed by atoms with Crippen LogP contribution in [0.5, 0.6) is 0 Å². The van der Waals surface area contributed by atoms with Gasteiger partial charge in [0.2, 0.25) is 35.4 Å². The van der Waals surface area contributed by atoms with E-state index in [-0.39, 0.29) is 183 Å². The van der Waals surface area contributed by atoms with E-state index in [1.165, 1.54) is 81.6 Å². The Morgan fingerprint density at radius 3 is 1.78 bits per heavy atom. The van der Waals surface area contributed by atoms with Gasteiger partial charge in [0.1, 0.15) is 45.7 Å². The van der Waals surface area contributed by atoms with Gasteiger partial charge in [-0.3, -0.25) is 76.3 Å². The Hall–Kier alpha value is -10.3. The first-order valence-electron chi connectivity index (χ1n) is 40.2. The number of carboxylic acids is 1. The standard InChI is InChI=1S/C79H104N14O27S6/c1-47-21-25-52-54(41-50(123(109,110)111)43-63(52)125(115,116)117)69(47)78(2,3)65(83-34-13-39-121(103,104)105)29-23-48(24-30-66-79(4,5)70-55-42-51(124(112,113)114)44-64(126(118,119)120)53(55)26-28-59(70)90(66)38-14-40-122(106,107)108)49-22-27-56(87-46-49)71(96)84-31-7-6-15-58(76(101)102)88-67(94)20-9-32-85-72(97)60-17-11-36-92(60)75(100)62-19-12-37-93(62)74(99)57(16-8-33-86-77(81)82)89-73(98)61-18-10-35-91(61)68(95)45-80/h21-30,41-44,46,57-58,60-62H,6-20,31-40,45,80H2,1-5H3,(H,84,96)(H,85,97)(H,88,94)(H,89,98)(H,101,102)(H4,81,82,86)(H,103,104,105)(H,106,107,108)(H,109,110,111)(H,112,113,114)(H,115,116,117)(H,118,119,120)/b29-23+,48-24-,66-30+,83-65+/t57-,58-,60-,61-,62-/m0/s1. The molecule has 0 aliphatic carbocycles. The summed E-state index contributed by atoms with van der Waals surface area (Å²) in [5.41, 5.74) is 9.57. The number of nitrogens with one attached hydrogen (secondary N) is 6. The van der Waals surface area contributed by atoms with Crippen molar-refractivity contribution >= 4 is 153 Å². The molecular formula is C79H104N14O27S6. The van der Waals surface area contributed by atoms with Crippen molar-refractivity contribution in [3.8, 4) is 0 Å². The Balaban J connectivity index is 0.916. The number of carbonyl (C=O) groups excluding carboxylic acids is 7. The minimum Gasteiger partial charge on any atom is -0.480 e. The number of carbonyl (C=O) groups is 8. The Labute approximate surface area is 729 Å². The number of likely N-dealkylation sites (tertiary alicyclic amines) is 3. The maximum absolute atomic E-state index is 14.4. The molecule has 17 N–H and O–H groups in total. The number of amides is 7. The van der Waals surface area contributed by atoms with Crippen LogP contribution in [0, 0.1) is 12.3 Å². The smallest absolute Gasteiger partial charge is 0.326 e. The van der Waals surface area contributed by atoms with Crippen LogP contribution in [-0.2, 0) is 105 Å². The van der Waals surface area contributed by atoms with Crippen molar-refractivity contribution < 1.29 is 121 Å². The first kappa shape index (κ1) is 99.5. The third-order valence-electron chi connectivity index (χ3n) is 22.4. The average molecular weight is 1870 g/mol. The van der Waals surface area contributed by atoms with E-state index < -0.39 is 180 Å². The Bertz CT molecular complexity index is 5970. The third-order valence-corrected chi connectivity index (χ3v) is 27.5. The van der Waals surface area contributed by atoms with Crippen LogP contribution in [0.2, 0.25) is 0 Å². The molecule has 0 unspecified atom stereocenters. The highest BCUT2D eigenvalue weighted by Crippen LogP contribution is 2.52. The van der Waals surface area contributed by atoms with Gasteiger partial charge in [0, 0.05) is 109 Å². The van der Waals surface area contributed by atoms with E-state index in [1.54, 1.807) is 39.5 Å². The number of hydrogen-bond donors (Lipinski definition) is 15. The number of guanidine groups is 1. The number of allylic oxidation sites excluding steroid dienone is 6. The van der Waals surface area contributed by atoms with E-state index in [9.17, 15) is 121 Å². The van der Waals surface area contributed by atoms with Crippen LogP contribution in [0.3, 0.4) is 0 Å². The molecule has 0 saturated carbocycles. The topological polar surface area (TPSA) is 657 Å². The molecule has 41 nitrogen and oxygen atoms in total. The van der Waals surface area contributed by atoms with Crippen molar-refractivity contribution in [2.75, 3.05) is 75.3 Å². The maximum Gasteiger partial charge on any atom is 0.326 e. The van der Waals surface area contributed by atoms with Gasteiger partial charge in [-0.15, -0.1) is 0 Å². The van der Waals surface area contributed by atoms with Gasteiger partial charge < -0.3 is 62.8 Å². The molecule has 4 aromatic carbocycles. The van der Waals surface area contributed by atoms with Crippen LogP contribution in [-0.4, -0.2) is 262 Å². The summed E-state index contributed by atoms with van der Waals surface area (Å²) in [5.74, 6) is -7.05. The van der Waals surface area contributed by atoms with Crippen molar-refractivity contribution in [2.24, 2.45) is 16.5 Å². The van der Waals surface area contributed by atoms with Crippen LogP contribution in [0.4, 0.5) is 5.69 Å². The Morgan fingerprint density at radius 1 is 0.627 bits per heavy atom. The van der Waals surface area contributed by atoms with E-state index in [1.807, 2.05) is 0 Å². The largest absolute Gasteiger partial charge is 0.480 e. The lowest BCUT2D eigenvalue weighted by atomic mass is 9.75. The average Bonchev–Trinajstić information content (AvgIpc) is 1.52. The van der Waals surface area contributed by atoms with Gasteiger partial charge in [0.15, 0.2) is 5.96 Å². The molecule has 7 amide bonds. The second-order valence-electron chi connectivity index (χ2n) is 32.0. The summed E-state index contributed by atoms with van der Waals surface area (Å²) < 4.78 is 212. The van der Waals surface area contributed by atoms with Gasteiger partial charge in [0.05, 0.1) is 27.8 Å². The lowest BCUT2D eigenvalue weighted by molar-refractivity contribution is -0.148. The predicted octanol–water partition coefficient (Wildman–Crippen LogP) is 3.32. The zero-order valence-electron chi connectivity index (χ0n) is 69.5. The van der Waals surface area contributed by atoms with Gasteiger partial charge in [-0.2, -0.15) is 50.5 Å². The summed E-state index contributed by atoms with van der Waals surface area (Å²) in [6.45, 7) is 7.96. The number of nitrogens with two attached hydrogens (primary N) is 2. The summed E-state index contributed by atoms with van der Waals surface area (Å²) >= 11 is 0. The maximum atomic E-state index is 14.4. The number of aliphatic imine (C=N–C) groups is 1. The van der Waals surface area contributed by atoms with Gasteiger partial charge in [-0.25, -0.2) is 4.79 Å². The van der Waals surface area contributed by atoms with Crippen molar-refractivity contribution in [3.05, 3.63) is 125 Å². The molecule has 688 valence electrons. The number of fused-ring (bicyclic) bond motifs is 4. The fourth-order valence-electron chi connectivity index (χ4n) is 16.5. The second-order valence-corrected chi connectivity index (χ2v) is 40.8. The number of aliphatic carboxylic acids is 1. The monoisotopic (exact) mass is 1870 g/mol. The number of aromatic nitrogens is 1. The number of carboxylic acid groups (broad SMARTS) is 1. The normalized spacial score (nSPS) is 18.1. The molecule has 5 heterocycles. The highest BCUT2D eigenvalue weighted by atomic mass is 32.2. The third kappa shape index (κ3) is 24.9. The zero-order chi connectivity index (χ0) is 93.1. The first-order chi connectivity index (χ1) is 58.7. The van der Waals surface area contributed by atoms with E-state index in [4.69, 9.17) is 21.9 Å². The summed E-state index contributed by atoms with van der Waals surface area (Å²) in [4.78, 5) is 120. The van der Waals surface area contributed by atoms with Gasteiger partial charge >= 0.3 is 5.97 Å². The van der Waals surface area contributed by atoms with Gasteiger partial charge in [-0.05, 0) is 178 Å². The molecule has 0 bridgehead atoms. The SMILES string of the molecule is Cc1ccc2c(S(=O)(=O)O)cc(S(=O)(=O)O)cc2c1C(C)(C)C(/C=C/C(=C/C=C1/N(CCCS(=O)(=O)O)c2ccc3c(S(=O)(=O)O)cc(S(=O)(=O)O)cc3c2C1(C)C)c1ccc(C(=O)NCCCC[C@H](NC(=O)CCCNC(=O)[C@@H]2CCCN2C(=O)[C@@H]2CCCN2C(=O)[C@H](CCCNC(=N)N)NC(=O)[C@@H]2CCCN2C(=O)CN)C(=O)O)nc1)=N/CCCS(=O)(=O)O. The number of benzene rings is 4. The molecule has 3 fully saturated rings. The molecule has 9 rings (SSSR count). The quantitative estimate of drug-likeness (QED) is 0.00879. The predicted molar refractivity (Wildman–Crippen MR) is 461 cm³/mol. The molecule has 3 saturated heterocycles. The number of hydrogen-bond acceptors (Lipinski definition) is 25. The molecular weight excluding hydrogens is 1770 g/mol. The molecule has 4 aliphatic rings. The molecule has 1 aromatic heterocycles. The van der Waals surface area contributed by atoms with Crippen molar-refractivity contribution in [1.82, 2.24) is 46.3 Å². The number of anilines is 1. The Kier molecular flexibility index (Phi) is 32.2. The molecule has 5 atom stereocenters. The number of rotatable bonds is 40. The molecule has 0 spiro atoms. The second kappa shape index (κ2) is 40.8. The molecule has 0 radical (unpaired) electrons. The summed E-state index contributed by atoms with van der Waals surface area (Å²) in [5, 5.41) is 30.5. The lowest BCUT2D eigenvalue weighted by Gasteiger charge is -2.33. The van der Waals surface area contributed by atoms with Crippen molar-refractivity contribution in [3.63, 3.8) is 0 Å². The van der Waals surface area contributed by atoms with E-state index in [0.717, 1.165) is 12.1 Å². The van der Waals surface area contributed by atoms with E-state index in [2.05, 4.69) is 31.6 Å². The zero-order valence-corrected chi connectivity index (χ0v) is 74.4. The Morgan fingerprint density at radius 2 is 1.19 bits per heavy atom. The van der Waals surface area contributed by atoms with Crippen LogP contribution in [0.15, 0.2) is 121 Å². The first-order valence-corrected chi connectivity index (χ1v) is 49.2. The fourth-order valence-corrected chi connectivity index (χ4v) is 20.2. The van der Waals surface area contributed by atoms with Gasteiger partial charge in [0.25, 0.3) is 66.6 Å². The van der Waals surface area contributed by atoms with Gasteiger partial charge in [-0.1, -0.05) is 64.1 Å².